The summed E-state index contributed by atoms with van der Waals surface area (Å²) >= 11 is 3.64. The number of nitrogens with one attached hydrogen (secondary N) is 3. The highest BCUT2D eigenvalue weighted by molar-refractivity contribution is 9.10. The van der Waals surface area contributed by atoms with E-state index in [0.717, 1.165) is 58.9 Å². The number of piperazine rings is 2. The molecule has 3 N–H and O–H groups in total. The van der Waals surface area contributed by atoms with Crippen LogP contribution >= 0.6 is 15.9 Å². The van der Waals surface area contributed by atoms with Gasteiger partial charge in [-0.05, 0) is 37.0 Å². The van der Waals surface area contributed by atoms with Crippen LogP contribution in [0.1, 0.15) is 24.8 Å². The van der Waals surface area contributed by atoms with Crippen LogP contribution in [0, 0.1) is 0 Å². The zero-order valence-corrected chi connectivity index (χ0v) is 17.5. The minimum absolute atomic E-state index is 1.08. The molecule has 3 aliphatic rings. The molecule has 3 heterocycles. The Kier molecular flexibility index (Phi) is 8.69. The first-order valence-electron chi connectivity index (χ1n) is 10.2. The molecular weight excluding hydrogens is 390 g/mol. The van der Waals surface area contributed by atoms with Crippen molar-refractivity contribution in [2.24, 2.45) is 0 Å². The Morgan fingerprint density at radius 2 is 1.38 bits per heavy atom. The summed E-state index contributed by atoms with van der Waals surface area (Å²) in [4.78, 5) is 5.14. The van der Waals surface area contributed by atoms with Crippen molar-refractivity contribution in [3.8, 4) is 0 Å². The maximum atomic E-state index is 3.64. The minimum atomic E-state index is 1.08. The normalized spacial score (nSPS) is 21.8. The van der Waals surface area contributed by atoms with Gasteiger partial charge in [-0.2, -0.15) is 0 Å². The molecule has 0 amide bonds. The Hall–Kier alpha value is -0.660. The van der Waals surface area contributed by atoms with E-state index in [1.54, 1.807) is 0 Å². The molecule has 3 aliphatic heterocycles. The van der Waals surface area contributed by atoms with Crippen LogP contribution in [0.2, 0.25) is 0 Å². The average Bonchev–Trinajstić information content (AvgIpc) is 2.72. The van der Waals surface area contributed by atoms with E-state index in [4.69, 9.17) is 0 Å². The quantitative estimate of drug-likeness (QED) is 0.693. The summed E-state index contributed by atoms with van der Waals surface area (Å²) in [5.74, 6) is 0. The summed E-state index contributed by atoms with van der Waals surface area (Å²) in [6.45, 7) is 12.6. The summed E-state index contributed by atoms with van der Waals surface area (Å²) in [7, 11) is 0. The van der Waals surface area contributed by atoms with E-state index in [1.807, 2.05) is 0 Å². The summed E-state index contributed by atoms with van der Waals surface area (Å²) in [5.41, 5.74) is 2.93. The lowest BCUT2D eigenvalue weighted by Crippen LogP contribution is -2.43. The molecule has 3 fully saturated rings. The van der Waals surface area contributed by atoms with Crippen LogP contribution in [0.4, 0.5) is 5.69 Å². The molecule has 3 saturated heterocycles. The Morgan fingerprint density at radius 1 is 0.769 bits per heavy atom. The number of hydrogen-bond donors (Lipinski definition) is 3. The summed E-state index contributed by atoms with van der Waals surface area (Å²) in [5, 5.41) is 9.87. The Labute approximate surface area is 167 Å². The van der Waals surface area contributed by atoms with Crippen LogP contribution in [0.3, 0.4) is 0 Å². The molecule has 0 atom stereocenters. The highest BCUT2D eigenvalue weighted by Crippen LogP contribution is 2.28. The Bertz CT molecular complexity index is 511. The van der Waals surface area contributed by atoms with Crippen LogP contribution in [-0.2, 0) is 6.54 Å². The average molecular weight is 424 g/mol. The van der Waals surface area contributed by atoms with Crippen molar-refractivity contribution in [2.45, 2.75) is 25.8 Å². The molecule has 0 bridgehead atoms. The first-order valence-corrected chi connectivity index (χ1v) is 11.0. The van der Waals surface area contributed by atoms with Gasteiger partial charge in [0.2, 0.25) is 0 Å². The van der Waals surface area contributed by atoms with Crippen molar-refractivity contribution in [2.75, 3.05) is 70.3 Å². The fourth-order valence-electron chi connectivity index (χ4n) is 3.81. The third kappa shape index (κ3) is 6.50. The molecule has 0 saturated carbocycles. The largest absolute Gasteiger partial charge is 0.371 e. The molecular formula is C20H34BrN5. The van der Waals surface area contributed by atoms with E-state index in [-0.39, 0.29) is 0 Å². The van der Waals surface area contributed by atoms with Crippen molar-refractivity contribution in [1.29, 1.82) is 0 Å². The van der Waals surface area contributed by atoms with Gasteiger partial charge >= 0.3 is 0 Å². The van der Waals surface area contributed by atoms with E-state index in [1.165, 1.54) is 48.1 Å². The number of piperidine rings is 1. The number of anilines is 1. The lowest BCUT2D eigenvalue weighted by atomic mass is 10.1. The summed E-state index contributed by atoms with van der Waals surface area (Å²) in [6, 6.07) is 6.80. The molecule has 0 radical (unpaired) electrons. The monoisotopic (exact) mass is 423 g/mol. The van der Waals surface area contributed by atoms with Crippen LogP contribution in [0.15, 0.2) is 22.7 Å². The topological polar surface area (TPSA) is 42.6 Å². The standard InChI is InChI=1S/C16H24BrN3.C4H10N2/c17-15-5-4-14(13-19-10-6-18-7-11-19)16(12-15)20-8-2-1-3-9-20;1-2-6-4-3-5-1/h4-5,12,18H,1-3,6-11,13H2;5-6H,1-4H2. The lowest BCUT2D eigenvalue weighted by Gasteiger charge is -2.33. The van der Waals surface area contributed by atoms with Gasteiger partial charge in [0.05, 0.1) is 0 Å². The first kappa shape index (κ1) is 20.1. The number of nitrogens with zero attached hydrogens (tertiary/aromatic N) is 2. The van der Waals surface area contributed by atoms with Crippen molar-refractivity contribution in [3.63, 3.8) is 0 Å². The fourth-order valence-corrected chi connectivity index (χ4v) is 4.16. The maximum absolute atomic E-state index is 3.64. The van der Waals surface area contributed by atoms with E-state index in [0.29, 0.717) is 0 Å². The van der Waals surface area contributed by atoms with Crippen molar-refractivity contribution in [3.05, 3.63) is 28.2 Å². The first-order chi connectivity index (χ1) is 12.8. The molecule has 0 aliphatic carbocycles. The van der Waals surface area contributed by atoms with E-state index < -0.39 is 0 Å². The van der Waals surface area contributed by atoms with Crippen LogP contribution < -0.4 is 20.9 Å². The smallest absolute Gasteiger partial charge is 0.0423 e. The second-order valence-corrected chi connectivity index (χ2v) is 8.26. The highest BCUT2D eigenvalue weighted by atomic mass is 79.9. The van der Waals surface area contributed by atoms with Gasteiger partial charge in [0.25, 0.3) is 0 Å². The van der Waals surface area contributed by atoms with Gasteiger partial charge in [0, 0.05) is 82.2 Å². The van der Waals surface area contributed by atoms with E-state index >= 15 is 0 Å². The molecule has 1 aromatic carbocycles. The molecule has 4 rings (SSSR count). The van der Waals surface area contributed by atoms with Gasteiger partial charge in [-0.1, -0.05) is 22.0 Å². The van der Waals surface area contributed by atoms with Gasteiger partial charge in [0.15, 0.2) is 0 Å². The van der Waals surface area contributed by atoms with Gasteiger partial charge < -0.3 is 20.9 Å². The zero-order chi connectivity index (χ0) is 18.0. The van der Waals surface area contributed by atoms with Crippen LogP contribution in [0.5, 0.6) is 0 Å². The third-order valence-electron chi connectivity index (χ3n) is 5.30. The molecule has 0 spiro atoms. The number of rotatable bonds is 3. The lowest BCUT2D eigenvalue weighted by molar-refractivity contribution is 0.233. The maximum Gasteiger partial charge on any atom is 0.0423 e. The van der Waals surface area contributed by atoms with Crippen molar-refractivity contribution in [1.82, 2.24) is 20.9 Å². The predicted octanol–water partition coefficient (Wildman–Crippen LogP) is 2.02. The molecule has 146 valence electrons. The molecule has 0 unspecified atom stereocenters. The number of halogens is 1. The third-order valence-corrected chi connectivity index (χ3v) is 5.80. The summed E-state index contributed by atoms with van der Waals surface area (Å²) < 4.78 is 1.20. The second kappa shape index (κ2) is 11.2. The van der Waals surface area contributed by atoms with Crippen molar-refractivity contribution >= 4 is 21.6 Å². The molecule has 26 heavy (non-hydrogen) atoms. The van der Waals surface area contributed by atoms with Gasteiger partial charge in [-0.3, -0.25) is 4.90 Å². The predicted molar refractivity (Wildman–Crippen MR) is 114 cm³/mol. The van der Waals surface area contributed by atoms with Crippen molar-refractivity contribution < 1.29 is 0 Å². The van der Waals surface area contributed by atoms with E-state index in [2.05, 4.69) is 59.9 Å². The van der Waals surface area contributed by atoms with Gasteiger partial charge in [-0.15, -0.1) is 0 Å². The van der Waals surface area contributed by atoms with Gasteiger partial charge in [0.1, 0.15) is 0 Å². The molecule has 1 aromatic rings. The summed E-state index contributed by atoms with van der Waals surface area (Å²) in [6.07, 6.45) is 4.05. The molecule has 6 heteroatoms. The fraction of sp³-hybridized carbons (Fsp3) is 0.700. The Balaban J connectivity index is 0.000000278. The second-order valence-electron chi connectivity index (χ2n) is 7.35. The molecule has 0 aromatic heterocycles. The highest BCUT2D eigenvalue weighted by Gasteiger charge is 2.17. The SMILES string of the molecule is Brc1ccc(CN2CCNCC2)c(N2CCCCC2)c1.C1CNCCN1. The Morgan fingerprint density at radius 3 is 2.00 bits per heavy atom. The van der Waals surface area contributed by atoms with Crippen LogP contribution in [-0.4, -0.2) is 70.3 Å². The van der Waals surface area contributed by atoms with Gasteiger partial charge in [-0.25, -0.2) is 0 Å². The van der Waals surface area contributed by atoms with E-state index in [9.17, 15) is 0 Å². The molecule has 5 nitrogen and oxygen atoms in total. The number of hydrogen-bond acceptors (Lipinski definition) is 5. The minimum Gasteiger partial charge on any atom is -0.371 e. The number of benzene rings is 1. The van der Waals surface area contributed by atoms with Crippen LogP contribution in [0.25, 0.3) is 0 Å². The zero-order valence-electron chi connectivity index (χ0n) is 15.9.